The van der Waals surface area contributed by atoms with E-state index in [1.54, 1.807) is 0 Å². The normalized spacial score (nSPS) is 15.8. The van der Waals surface area contributed by atoms with Crippen LogP contribution < -0.4 is 5.32 Å². The molecule has 1 aliphatic rings. The summed E-state index contributed by atoms with van der Waals surface area (Å²) in [5, 5.41) is 3.05. The summed E-state index contributed by atoms with van der Waals surface area (Å²) in [4.78, 5) is 25.7. The minimum Gasteiger partial charge on any atom is -0.349 e. The molecule has 1 saturated heterocycles. The summed E-state index contributed by atoms with van der Waals surface area (Å²) in [7, 11) is 0. The fraction of sp³-hybridized carbons (Fsp3) is 0.500. The summed E-state index contributed by atoms with van der Waals surface area (Å²) < 4.78 is 0. The van der Waals surface area contributed by atoms with Gasteiger partial charge in [-0.1, -0.05) is 17.7 Å². The van der Waals surface area contributed by atoms with Gasteiger partial charge in [0.05, 0.1) is 0 Å². The maximum absolute atomic E-state index is 12.2. The highest BCUT2D eigenvalue weighted by atomic mass is 35.5. The molecule has 0 saturated carbocycles. The first-order valence-electron chi connectivity index (χ1n) is 7.31. The SMILES string of the molecule is Cc1cccc(C(=O)NC2CCN(C(=O)CCCl)CC2)c1. The molecule has 0 radical (unpaired) electrons. The average Bonchev–Trinajstić information content (AvgIpc) is 2.48. The van der Waals surface area contributed by atoms with E-state index in [1.165, 1.54) is 0 Å². The van der Waals surface area contributed by atoms with Gasteiger partial charge in [-0.2, -0.15) is 0 Å². The van der Waals surface area contributed by atoms with Crippen molar-refractivity contribution in [3.8, 4) is 0 Å². The number of likely N-dealkylation sites (tertiary alicyclic amines) is 1. The zero-order chi connectivity index (χ0) is 15.2. The summed E-state index contributed by atoms with van der Waals surface area (Å²) in [5.41, 5.74) is 1.76. The fourth-order valence-electron chi connectivity index (χ4n) is 2.57. The number of amides is 2. The molecule has 1 aliphatic heterocycles. The summed E-state index contributed by atoms with van der Waals surface area (Å²) in [6, 6.07) is 7.70. The molecular formula is C16H21ClN2O2. The van der Waals surface area contributed by atoms with Gasteiger partial charge in [0.2, 0.25) is 5.91 Å². The van der Waals surface area contributed by atoms with Gasteiger partial charge in [-0.15, -0.1) is 11.6 Å². The second-order valence-corrected chi connectivity index (χ2v) is 5.81. The number of hydrogen-bond acceptors (Lipinski definition) is 2. The maximum Gasteiger partial charge on any atom is 0.251 e. The van der Waals surface area contributed by atoms with E-state index in [4.69, 9.17) is 11.6 Å². The average molecular weight is 309 g/mol. The molecule has 5 heteroatoms. The summed E-state index contributed by atoms with van der Waals surface area (Å²) in [6.45, 7) is 3.35. The van der Waals surface area contributed by atoms with Crippen LogP contribution in [0.5, 0.6) is 0 Å². The lowest BCUT2D eigenvalue weighted by molar-refractivity contribution is -0.131. The largest absolute Gasteiger partial charge is 0.349 e. The van der Waals surface area contributed by atoms with Gasteiger partial charge in [-0.25, -0.2) is 0 Å². The molecule has 114 valence electrons. The van der Waals surface area contributed by atoms with Crippen molar-refractivity contribution < 1.29 is 9.59 Å². The molecule has 0 spiro atoms. The van der Waals surface area contributed by atoms with Gasteiger partial charge >= 0.3 is 0 Å². The highest BCUT2D eigenvalue weighted by molar-refractivity contribution is 6.18. The maximum atomic E-state index is 12.2. The van der Waals surface area contributed by atoms with Crippen LogP contribution in [0.2, 0.25) is 0 Å². The number of aryl methyl sites for hydroxylation is 1. The highest BCUT2D eigenvalue weighted by Gasteiger charge is 2.23. The van der Waals surface area contributed by atoms with Gasteiger partial charge in [0, 0.05) is 37.0 Å². The molecule has 1 aromatic rings. The minimum absolute atomic E-state index is 0.0377. The van der Waals surface area contributed by atoms with Crippen LogP contribution in [0.1, 0.15) is 35.2 Å². The van der Waals surface area contributed by atoms with E-state index in [0.29, 0.717) is 31.0 Å². The Morgan fingerprint density at radius 3 is 2.67 bits per heavy atom. The number of rotatable bonds is 4. The fourth-order valence-corrected chi connectivity index (χ4v) is 2.73. The lowest BCUT2D eigenvalue weighted by atomic mass is 10.0. The van der Waals surface area contributed by atoms with E-state index in [9.17, 15) is 9.59 Å². The Morgan fingerprint density at radius 2 is 2.05 bits per heavy atom. The van der Waals surface area contributed by atoms with Gasteiger partial charge < -0.3 is 10.2 Å². The predicted octanol–water partition coefficient (Wildman–Crippen LogP) is 2.34. The summed E-state index contributed by atoms with van der Waals surface area (Å²) in [5.74, 6) is 0.431. The van der Waals surface area contributed by atoms with Crippen molar-refractivity contribution in [2.24, 2.45) is 0 Å². The molecule has 1 fully saturated rings. The molecule has 21 heavy (non-hydrogen) atoms. The van der Waals surface area contributed by atoms with Crippen LogP contribution in [0.3, 0.4) is 0 Å². The second-order valence-electron chi connectivity index (χ2n) is 5.44. The van der Waals surface area contributed by atoms with Crippen molar-refractivity contribution in [3.05, 3.63) is 35.4 Å². The molecule has 0 unspecified atom stereocenters. The standard InChI is InChI=1S/C16H21ClN2O2/c1-12-3-2-4-13(11-12)16(21)18-14-6-9-19(10-7-14)15(20)5-8-17/h2-4,11,14H,5-10H2,1H3,(H,18,21). The molecule has 0 aromatic heterocycles. The van der Waals surface area contributed by atoms with E-state index in [2.05, 4.69) is 5.32 Å². The van der Waals surface area contributed by atoms with Crippen LogP contribution in [0.15, 0.2) is 24.3 Å². The number of alkyl halides is 1. The Balaban J connectivity index is 1.83. The number of carbonyl (C=O) groups is 2. The van der Waals surface area contributed by atoms with Crippen LogP contribution in [-0.4, -0.2) is 41.7 Å². The topological polar surface area (TPSA) is 49.4 Å². The van der Waals surface area contributed by atoms with Crippen LogP contribution in [0, 0.1) is 6.92 Å². The number of halogens is 1. The summed E-state index contributed by atoms with van der Waals surface area (Å²) >= 11 is 5.59. The van der Waals surface area contributed by atoms with Crippen molar-refractivity contribution in [2.45, 2.75) is 32.2 Å². The van der Waals surface area contributed by atoms with Gasteiger partial charge in [-0.05, 0) is 31.9 Å². The van der Waals surface area contributed by atoms with E-state index >= 15 is 0 Å². The number of nitrogens with zero attached hydrogens (tertiary/aromatic N) is 1. The Bertz CT molecular complexity index is 511. The molecule has 0 bridgehead atoms. The molecule has 0 atom stereocenters. The van der Waals surface area contributed by atoms with Crippen LogP contribution in [0.25, 0.3) is 0 Å². The smallest absolute Gasteiger partial charge is 0.251 e. The van der Waals surface area contributed by atoms with E-state index in [-0.39, 0.29) is 17.9 Å². The highest BCUT2D eigenvalue weighted by Crippen LogP contribution is 2.13. The minimum atomic E-state index is -0.0377. The third kappa shape index (κ3) is 4.46. The first-order valence-corrected chi connectivity index (χ1v) is 7.85. The molecular weight excluding hydrogens is 288 g/mol. The number of carbonyl (C=O) groups excluding carboxylic acids is 2. The van der Waals surface area contributed by atoms with Gasteiger partial charge in [0.1, 0.15) is 0 Å². The number of benzene rings is 1. The third-order valence-corrected chi connectivity index (χ3v) is 3.96. The first kappa shape index (κ1) is 15.8. The Labute approximate surface area is 130 Å². The lowest BCUT2D eigenvalue weighted by Crippen LogP contribution is -2.46. The molecule has 1 N–H and O–H groups in total. The number of nitrogens with one attached hydrogen (secondary N) is 1. The van der Waals surface area contributed by atoms with Crippen LogP contribution in [-0.2, 0) is 4.79 Å². The third-order valence-electron chi connectivity index (χ3n) is 3.77. The molecule has 2 rings (SSSR count). The van der Waals surface area contributed by atoms with Crippen molar-refractivity contribution >= 4 is 23.4 Å². The lowest BCUT2D eigenvalue weighted by Gasteiger charge is -2.32. The molecule has 1 heterocycles. The zero-order valence-electron chi connectivity index (χ0n) is 12.3. The quantitative estimate of drug-likeness (QED) is 0.868. The van der Waals surface area contributed by atoms with Crippen LogP contribution >= 0.6 is 11.6 Å². The van der Waals surface area contributed by atoms with Crippen molar-refractivity contribution in [3.63, 3.8) is 0 Å². The summed E-state index contributed by atoms with van der Waals surface area (Å²) in [6.07, 6.45) is 1.99. The first-order chi connectivity index (χ1) is 10.1. The molecule has 1 aromatic carbocycles. The molecule has 2 amide bonds. The van der Waals surface area contributed by atoms with E-state index in [0.717, 1.165) is 18.4 Å². The molecule has 0 aliphatic carbocycles. The molecule has 4 nitrogen and oxygen atoms in total. The zero-order valence-corrected chi connectivity index (χ0v) is 13.0. The Morgan fingerprint density at radius 1 is 1.33 bits per heavy atom. The number of piperidine rings is 1. The van der Waals surface area contributed by atoms with Gasteiger partial charge in [0.15, 0.2) is 0 Å². The Kier molecular flexibility index (Phi) is 5.62. The van der Waals surface area contributed by atoms with Crippen molar-refractivity contribution in [1.29, 1.82) is 0 Å². The van der Waals surface area contributed by atoms with Gasteiger partial charge in [0.25, 0.3) is 5.91 Å². The van der Waals surface area contributed by atoms with E-state index < -0.39 is 0 Å². The van der Waals surface area contributed by atoms with E-state index in [1.807, 2.05) is 36.1 Å². The van der Waals surface area contributed by atoms with Gasteiger partial charge in [-0.3, -0.25) is 9.59 Å². The Hall–Kier alpha value is -1.55. The van der Waals surface area contributed by atoms with Crippen LogP contribution in [0.4, 0.5) is 0 Å². The van der Waals surface area contributed by atoms with Crippen molar-refractivity contribution in [2.75, 3.05) is 19.0 Å². The number of hydrogen-bond donors (Lipinski definition) is 1. The second kappa shape index (κ2) is 7.46. The van der Waals surface area contributed by atoms with Crippen molar-refractivity contribution in [1.82, 2.24) is 10.2 Å². The monoisotopic (exact) mass is 308 g/mol. The predicted molar refractivity (Wildman–Crippen MR) is 83.6 cm³/mol.